The van der Waals surface area contributed by atoms with Crippen molar-refractivity contribution in [3.05, 3.63) is 18.2 Å². The number of nitrogens with one attached hydrogen (secondary N) is 3. The Bertz CT molecular complexity index is 339. The van der Waals surface area contributed by atoms with Gasteiger partial charge in [0, 0.05) is 26.0 Å². The number of hydrogen-bond donors (Lipinski definition) is 3. The summed E-state index contributed by atoms with van der Waals surface area (Å²) in [6.07, 6.45) is 4.26. The summed E-state index contributed by atoms with van der Waals surface area (Å²) in [5, 5.41) is 5.94. The van der Waals surface area contributed by atoms with Crippen LogP contribution in [0.25, 0.3) is 0 Å². The minimum absolute atomic E-state index is 0.00375. The predicted octanol–water partition coefficient (Wildman–Crippen LogP) is -0.597. The van der Waals surface area contributed by atoms with Gasteiger partial charge in [-0.15, -0.1) is 0 Å². The van der Waals surface area contributed by atoms with E-state index in [2.05, 4.69) is 20.6 Å². The molecule has 6 nitrogen and oxygen atoms in total. The molecule has 1 aliphatic heterocycles. The second-order valence-electron chi connectivity index (χ2n) is 3.81. The van der Waals surface area contributed by atoms with E-state index in [1.165, 1.54) is 0 Å². The van der Waals surface area contributed by atoms with Crippen LogP contribution in [0.4, 0.5) is 0 Å². The highest BCUT2D eigenvalue weighted by Crippen LogP contribution is 2.09. The molecule has 2 atom stereocenters. The van der Waals surface area contributed by atoms with Crippen molar-refractivity contribution in [2.75, 3.05) is 13.7 Å². The summed E-state index contributed by atoms with van der Waals surface area (Å²) in [5.74, 6) is 0.755. The predicted molar refractivity (Wildman–Crippen MR) is 57.6 cm³/mol. The van der Waals surface area contributed by atoms with E-state index in [-0.39, 0.29) is 18.1 Å². The minimum atomic E-state index is -0.153. The quantitative estimate of drug-likeness (QED) is 0.638. The largest absolute Gasteiger partial charge is 0.380 e. The van der Waals surface area contributed by atoms with Gasteiger partial charge in [0.1, 0.15) is 5.82 Å². The van der Waals surface area contributed by atoms with Crippen molar-refractivity contribution in [2.24, 2.45) is 0 Å². The molecule has 1 aliphatic rings. The first-order valence-corrected chi connectivity index (χ1v) is 5.31. The van der Waals surface area contributed by atoms with E-state index in [9.17, 15) is 4.79 Å². The number of hydrogen-bond acceptors (Lipinski definition) is 4. The summed E-state index contributed by atoms with van der Waals surface area (Å²) in [5.41, 5.74) is 0. The van der Waals surface area contributed by atoms with E-state index in [1.807, 2.05) is 0 Å². The zero-order valence-electron chi connectivity index (χ0n) is 9.19. The maximum atomic E-state index is 11.7. The molecule has 0 saturated carbocycles. The number of aromatic amines is 1. The van der Waals surface area contributed by atoms with E-state index < -0.39 is 0 Å². The third-order valence-corrected chi connectivity index (χ3v) is 2.73. The molecular formula is C10H16N4O2. The molecule has 1 aromatic rings. The van der Waals surface area contributed by atoms with Gasteiger partial charge in [-0.2, -0.15) is 0 Å². The maximum absolute atomic E-state index is 11.7. The molecule has 3 N–H and O–H groups in total. The Labute approximate surface area is 93.8 Å². The number of carbonyl (C=O) groups excluding carboxylic acids is 1. The summed E-state index contributed by atoms with van der Waals surface area (Å²) in [6, 6.07) is -0.153. The van der Waals surface area contributed by atoms with Crippen LogP contribution < -0.4 is 10.6 Å². The van der Waals surface area contributed by atoms with Crippen molar-refractivity contribution in [1.29, 1.82) is 0 Å². The number of rotatable bonds is 4. The van der Waals surface area contributed by atoms with Crippen molar-refractivity contribution in [3.63, 3.8) is 0 Å². The second kappa shape index (κ2) is 5.09. The average molecular weight is 224 g/mol. The van der Waals surface area contributed by atoms with Crippen LogP contribution in [0.3, 0.4) is 0 Å². The normalized spacial score (nSPS) is 24.6. The van der Waals surface area contributed by atoms with Crippen molar-refractivity contribution in [2.45, 2.75) is 25.1 Å². The van der Waals surface area contributed by atoms with Gasteiger partial charge in [0.25, 0.3) is 0 Å². The third kappa shape index (κ3) is 2.59. The Balaban J connectivity index is 1.76. The van der Waals surface area contributed by atoms with Crippen LogP contribution in [-0.4, -0.2) is 41.7 Å². The molecule has 2 heterocycles. The van der Waals surface area contributed by atoms with E-state index in [4.69, 9.17) is 4.74 Å². The van der Waals surface area contributed by atoms with Crippen LogP contribution in [-0.2, 0) is 16.1 Å². The number of aromatic nitrogens is 2. The van der Waals surface area contributed by atoms with Crippen LogP contribution in [0.2, 0.25) is 0 Å². The van der Waals surface area contributed by atoms with Crippen LogP contribution in [0.15, 0.2) is 12.4 Å². The fourth-order valence-corrected chi connectivity index (χ4v) is 1.77. The molecule has 6 heteroatoms. The van der Waals surface area contributed by atoms with Gasteiger partial charge in [0.15, 0.2) is 0 Å². The van der Waals surface area contributed by atoms with Gasteiger partial charge in [-0.05, 0) is 6.42 Å². The molecule has 2 rings (SSSR count). The highest BCUT2D eigenvalue weighted by Gasteiger charge is 2.28. The molecule has 1 fully saturated rings. The molecular weight excluding hydrogens is 208 g/mol. The van der Waals surface area contributed by atoms with E-state index in [1.54, 1.807) is 19.5 Å². The van der Waals surface area contributed by atoms with Crippen LogP contribution in [0.1, 0.15) is 12.2 Å². The number of methoxy groups -OCH3 is 1. The molecule has 0 radical (unpaired) electrons. The van der Waals surface area contributed by atoms with Crippen molar-refractivity contribution >= 4 is 5.91 Å². The topological polar surface area (TPSA) is 79.0 Å². The van der Waals surface area contributed by atoms with Crippen molar-refractivity contribution in [1.82, 2.24) is 20.6 Å². The van der Waals surface area contributed by atoms with E-state index in [0.717, 1.165) is 18.8 Å². The van der Waals surface area contributed by atoms with Gasteiger partial charge in [-0.3, -0.25) is 4.79 Å². The minimum Gasteiger partial charge on any atom is -0.380 e. The smallest absolute Gasteiger partial charge is 0.237 e. The standard InChI is InChI=1S/C10H16N4O2/c1-16-7-4-8(13-5-7)10(15)14-6-9-11-2-3-12-9/h2-3,7-8,13H,4-6H2,1H3,(H,11,12)(H,14,15). The molecule has 88 valence electrons. The monoisotopic (exact) mass is 224 g/mol. The summed E-state index contributed by atoms with van der Waals surface area (Å²) >= 11 is 0. The molecule has 1 amide bonds. The highest BCUT2D eigenvalue weighted by atomic mass is 16.5. The SMILES string of the molecule is COC1CNC(C(=O)NCc2ncc[nH]2)C1. The fraction of sp³-hybridized carbons (Fsp3) is 0.600. The lowest BCUT2D eigenvalue weighted by Crippen LogP contribution is -2.40. The molecule has 0 bridgehead atoms. The first-order chi connectivity index (χ1) is 7.79. The Morgan fingerprint density at radius 2 is 2.62 bits per heavy atom. The first kappa shape index (κ1) is 11.1. The Morgan fingerprint density at radius 1 is 1.75 bits per heavy atom. The fourth-order valence-electron chi connectivity index (χ4n) is 1.77. The van der Waals surface area contributed by atoms with Crippen molar-refractivity contribution in [3.8, 4) is 0 Å². The number of carbonyl (C=O) groups is 1. The van der Waals surface area contributed by atoms with Crippen molar-refractivity contribution < 1.29 is 9.53 Å². The van der Waals surface area contributed by atoms with Crippen LogP contribution >= 0.6 is 0 Å². The Hall–Kier alpha value is -1.40. The maximum Gasteiger partial charge on any atom is 0.237 e. The summed E-state index contributed by atoms with van der Waals surface area (Å²) < 4.78 is 5.18. The average Bonchev–Trinajstić information content (AvgIpc) is 2.96. The number of nitrogens with zero attached hydrogens (tertiary/aromatic N) is 1. The molecule has 0 spiro atoms. The summed E-state index contributed by atoms with van der Waals surface area (Å²) in [6.45, 7) is 1.16. The van der Waals surface area contributed by atoms with Gasteiger partial charge in [-0.25, -0.2) is 4.98 Å². The molecule has 2 unspecified atom stereocenters. The number of ether oxygens (including phenoxy) is 1. The number of H-pyrrole nitrogens is 1. The summed E-state index contributed by atoms with van der Waals surface area (Å²) in [4.78, 5) is 18.7. The molecule has 1 saturated heterocycles. The van der Waals surface area contributed by atoms with Gasteiger partial charge < -0.3 is 20.4 Å². The summed E-state index contributed by atoms with van der Waals surface area (Å²) in [7, 11) is 1.66. The first-order valence-electron chi connectivity index (χ1n) is 5.31. The molecule has 0 aromatic carbocycles. The highest BCUT2D eigenvalue weighted by molar-refractivity contribution is 5.82. The second-order valence-corrected chi connectivity index (χ2v) is 3.81. The van der Waals surface area contributed by atoms with Crippen LogP contribution in [0, 0.1) is 0 Å². The zero-order chi connectivity index (χ0) is 11.4. The van der Waals surface area contributed by atoms with E-state index >= 15 is 0 Å². The zero-order valence-corrected chi connectivity index (χ0v) is 9.19. The third-order valence-electron chi connectivity index (χ3n) is 2.73. The lowest BCUT2D eigenvalue weighted by molar-refractivity contribution is -0.123. The lowest BCUT2D eigenvalue weighted by Gasteiger charge is -2.10. The molecule has 1 aromatic heterocycles. The van der Waals surface area contributed by atoms with Gasteiger partial charge in [0.2, 0.25) is 5.91 Å². The Morgan fingerprint density at radius 3 is 3.25 bits per heavy atom. The lowest BCUT2D eigenvalue weighted by atomic mass is 10.2. The number of amides is 1. The Kier molecular flexibility index (Phi) is 3.53. The molecule has 0 aliphatic carbocycles. The van der Waals surface area contributed by atoms with Crippen LogP contribution in [0.5, 0.6) is 0 Å². The van der Waals surface area contributed by atoms with E-state index in [0.29, 0.717) is 6.54 Å². The number of imidazole rings is 1. The van der Waals surface area contributed by atoms with Gasteiger partial charge >= 0.3 is 0 Å². The van der Waals surface area contributed by atoms with Gasteiger partial charge in [-0.1, -0.05) is 0 Å². The molecule has 16 heavy (non-hydrogen) atoms. The van der Waals surface area contributed by atoms with Gasteiger partial charge in [0.05, 0.1) is 18.7 Å².